The Labute approximate surface area is 116 Å². The quantitative estimate of drug-likeness (QED) is 0.878. The number of hydrogen-bond donors (Lipinski definition) is 1. The van der Waals surface area contributed by atoms with Crippen molar-refractivity contribution < 1.29 is 0 Å². The number of aromatic nitrogens is 2. The molecule has 0 spiro atoms. The lowest BCUT2D eigenvalue weighted by Crippen LogP contribution is -2.42. The van der Waals surface area contributed by atoms with E-state index in [-0.39, 0.29) is 0 Å². The summed E-state index contributed by atoms with van der Waals surface area (Å²) in [4.78, 5) is 13.5. The van der Waals surface area contributed by atoms with E-state index in [1.807, 2.05) is 12.3 Å². The fourth-order valence-electron chi connectivity index (χ4n) is 2.46. The Balaban J connectivity index is 1.95. The third-order valence-corrected chi connectivity index (χ3v) is 3.69. The summed E-state index contributed by atoms with van der Waals surface area (Å²) in [5.41, 5.74) is 0. The molecular formula is C14H25N5. The van der Waals surface area contributed by atoms with Crippen LogP contribution in [0.3, 0.4) is 0 Å². The Bertz CT molecular complexity index is 385. The second kappa shape index (κ2) is 6.70. The smallest absolute Gasteiger partial charge is 0.224 e. The van der Waals surface area contributed by atoms with E-state index < -0.39 is 0 Å². The maximum atomic E-state index is 4.59. The molecule has 1 fully saturated rings. The second-order valence-electron chi connectivity index (χ2n) is 5.35. The SMILES string of the molecule is CCCNc1nccc(N2CCC(N(C)C)CC2)n1. The monoisotopic (exact) mass is 263 g/mol. The second-order valence-corrected chi connectivity index (χ2v) is 5.35. The molecule has 5 heteroatoms. The highest BCUT2D eigenvalue weighted by molar-refractivity contribution is 5.42. The van der Waals surface area contributed by atoms with Crippen molar-refractivity contribution in [2.45, 2.75) is 32.2 Å². The summed E-state index contributed by atoms with van der Waals surface area (Å²) >= 11 is 0. The summed E-state index contributed by atoms with van der Waals surface area (Å²) < 4.78 is 0. The van der Waals surface area contributed by atoms with Crippen molar-refractivity contribution in [2.24, 2.45) is 0 Å². The van der Waals surface area contributed by atoms with Gasteiger partial charge in [0.1, 0.15) is 5.82 Å². The number of nitrogens with zero attached hydrogens (tertiary/aromatic N) is 4. The van der Waals surface area contributed by atoms with Gasteiger partial charge in [0, 0.05) is 31.9 Å². The van der Waals surface area contributed by atoms with Crippen LogP contribution in [-0.4, -0.2) is 54.6 Å². The Morgan fingerprint density at radius 2 is 2.11 bits per heavy atom. The third kappa shape index (κ3) is 3.80. The van der Waals surface area contributed by atoms with E-state index >= 15 is 0 Å². The van der Waals surface area contributed by atoms with E-state index in [2.05, 4.69) is 46.1 Å². The van der Waals surface area contributed by atoms with Gasteiger partial charge < -0.3 is 15.1 Å². The summed E-state index contributed by atoms with van der Waals surface area (Å²) in [7, 11) is 4.33. The lowest BCUT2D eigenvalue weighted by atomic mass is 10.0. The van der Waals surface area contributed by atoms with E-state index in [9.17, 15) is 0 Å². The molecule has 0 saturated carbocycles. The lowest BCUT2D eigenvalue weighted by molar-refractivity contribution is 0.249. The van der Waals surface area contributed by atoms with Crippen LogP contribution in [0.5, 0.6) is 0 Å². The molecule has 0 radical (unpaired) electrons. The molecular weight excluding hydrogens is 238 g/mol. The topological polar surface area (TPSA) is 44.3 Å². The maximum absolute atomic E-state index is 4.59. The van der Waals surface area contributed by atoms with Crippen LogP contribution in [-0.2, 0) is 0 Å². The van der Waals surface area contributed by atoms with Crippen molar-refractivity contribution in [3.8, 4) is 0 Å². The minimum absolute atomic E-state index is 0.704. The van der Waals surface area contributed by atoms with E-state index in [1.165, 1.54) is 12.8 Å². The summed E-state index contributed by atoms with van der Waals surface area (Å²) in [5.74, 6) is 1.79. The zero-order chi connectivity index (χ0) is 13.7. The maximum Gasteiger partial charge on any atom is 0.224 e. The van der Waals surface area contributed by atoms with Crippen LogP contribution in [0.1, 0.15) is 26.2 Å². The van der Waals surface area contributed by atoms with E-state index in [1.54, 1.807) is 0 Å². The third-order valence-electron chi connectivity index (χ3n) is 3.69. The Kier molecular flexibility index (Phi) is 4.96. The zero-order valence-corrected chi connectivity index (χ0v) is 12.3. The van der Waals surface area contributed by atoms with Gasteiger partial charge in [-0.25, -0.2) is 4.98 Å². The highest BCUT2D eigenvalue weighted by atomic mass is 15.2. The largest absolute Gasteiger partial charge is 0.356 e. The molecule has 1 N–H and O–H groups in total. The van der Waals surface area contributed by atoms with Crippen molar-refractivity contribution >= 4 is 11.8 Å². The van der Waals surface area contributed by atoms with Crippen LogP contribution >= 0.6 is 0 Å². The van der Waals surface area contributed by atoms with E-state index in [0.29, 0.717) is 6.04 Å². The summed E-state index contributed by atoms with van der Waals surface area (Å²) in [6.07, 6.45) is 5.34. The molecule has 5 nitrogen and oxygen atoms in total. The van der Waals surface area contributed by atoms with Crippen LogP contribution in [0.15, 0.2) is 12.3 Å². The first-order valence-corrected chi connectivity index (χ1v) is 7.19. The molecule has 0 aliphatic carbocycles. The van der Waals surface area contributed by atoms with Crippen molar-refractivity contribution in [1.29, 1.82) is 0 Å². The van der Waals surface area contributed by atoms with E-state index in [4.69, 9.17) is 0 Å². The first-order valence-electron chi connectivity index (χ1n) is 7.19. The number of piperidine rings is 1. The molecule has 2 heterocycles. The van der Waals surface area contributed by atoms with Gasteiger partial charge in [-0.3, -0.25) is 0 Å². The number of hydrogen-bond acceptors (Lipinski definition) is 5. The zero-order valence-electron chi connectivity index (χ0n) is 12.3. The van der Waals surface area contributed by atoms with Crippen LogP contribution in [0.4, 0.5) is 11.8 Å². The highest BCUT2D eigenvalue weighted by Gasteiger charge is 2.21. The van der Waals surface area contributed by atoms with Gasteiger partial charge in [-0.1, -0.05) is 6.92 Å². The predicted octanol–water partition coefficient (Wildman–Crippen LogP) is 1.83. The molecule has 19 heavy (non-hydrogen) atoms. The average molecular weight is 263 g/mol. The molecule has 1 aromatic heterocycles. The number of nitrogens with one attached hydrogen (secondary N) is 1. The minimum atomic E-state index is 0.704. The summed E-state index contributed by atoms with van der Waals surface area (Å²) in [6, 6.07) is 2.71. The standard InChI is InChI=1S/C14H25N5/c1-4-8-15-14-16-9-5-13(17-14)19-10-6-12(7-11-19)18(2)3/h5,9,12H,4,6-8,10-11H2,1-3H3,(H,15,16,17). The lowest BCUT2D eigenvalue weighted by Gasteiger charge is -2.35. The Morgan fingerprint density at radius 3 is 2.74 bits per heavy atom. The average Bonchev–Trinajstić information content (AvgIpc) is 2.45. The van der Waals surface area contributed by atoms with Crippen molar-refractivity contribution in [3.05, 3.63) is 12.3 Å². The molecule has 1 aliphatic rings. The minimum Gasteiger partial charge on any atom is -0.356 e. The number of rotatable bonds is 5. The molecule has 1 aromatic rings. The van der Waals surface area contributed by atoms with Crippen LogP contribution < -0.4 is 10.2 Å². The van der Waals surface area contributed by atoms with Crippen LogP contribution in [0, 0.1) is 0 Å². The van der Waals surface area contributed by atoms with Crippen molar-refractivity contribution in [2.75, 3.05) is 43.9 Å². The first kappa shape index (κ1) is 14.1. The van der Waals surface area contributed by atoms with Gasteiger partial charge in [0.2, 0.25) is 5.95 Å². The van der Waals surface area contributed by atoms with Gasteiger partial charge in [-0.05, 0) is 39.4 Å². The Hall–Kier alpha value is -1.36. The molecule has 1 aliphatic heterocycles. The normalized spacial score (nSPS) is 16.9. The van der Waals surface area contributed by atoms with Crippen molar-refractivity contribution in [3.63, 3.8) is 0 Å². The molecule has 1 saturated heterocycles. The predicted molar refractivity (Wildman–Crippen MR) is 79.7 cm³/mol. The van der Waals surface area contributed by atoms with Gasteiger partial charge in [-0.15, -0.1) is 0 Å². The fourth-order valence-corrected chi connectivity index (χ4v) is 2.46. The number of anilines is 2. The fraction of sp³-hybridized carbons (Fsp3) is 0.714. The molecule has 0 bridgehead atoms. The van der Waals surface area contributed by atoms with E-state index in [0.717, 1.165) is 37.8 Å². The first-order chi connectivity index (χ1) is 9.20. The molecule has 2 rings (SSSR count). The van der Waals surface area contributed by atoms with Gasteiger partial charge in [0.25, 0.3) is 0 Å². The molecule has 0 aromatic carbocycles. The van der Waals surface area contributed by atoms with Crippen LogP contribution in [0.2, 0.25) is 0 Å². The molecule has 0 atom stereocenters. The Morgan fingerprint density at radius 1 is 1.37 bits per heavy atom. The van der Waals surface area contributed by atoms with Gasteiger partial charge >= 0.3 is 0 Å². The molecule has 0 amide bonds. The van der Waals surface area contributed by atoms with Gasteiger partial charge in [0.05, 0.1) is 0 Å². The highest BCUT2D eigenvalue weighted by Crippen LogP contribution is 2.20. The van der Waals surface area contributed by atoms with Gasteiger partial charge in [-0.2, -0.15) is 4.98 Å². The van der Waals surface area contributed by atoms with Gasteiger partial charge in [0.15, 0.2) is 0 Å². The van der Waals surface area contributed by atoms with Crippen LogP contribution in [0.25, 0.3) is 0 Å². The summed E-state index contributed by atoms with van der Waals surface area (Å²) in [6.45, 7) is 5.22. The molecule has 106 valence electrons. The van der Waals surface area contributed by atoms with Crippen molar-refractivity contribution in [1.82, 2.24) is 14.9 Å². The summed E-state index contributed by atoms with van der Waals surface area (Å²) in [5, 5.41) is 3.24. The molecule has 0 unspecified atom stereocenters.